The summed E-state index contributed by atoms with van der Waals surface area (Å²) in [5.74, 6) is 1.18. The van der Waals surface area contributed by atoms with Crippen LogP contribution in [0, 0.1) is 0 Å². The summed E-state index contributed by atoms with van der Waals surface area (Å²) < 4.78 is 10.4. The molecule has 94 valence electrons. The summed E-state index contributed by atoms with van der Waals surface area (Å²) in [5.41, 5.74) is 1.20. The van der Waals surface area contributed by atoms with Crippen molar-refractivity contribution in [2.24, 2.45) is 5.16 Å². The number of methoxy groups -OCH3 is 2. The lowest BCUT2D eigenvalue weighted by Crippen LogP contribution is -1.93. The van der Waals surface area contributed by atoms with Crippen molar-refractivity contribution in [3.8, 4) is 11.5 Å². The molecule has 0 aliphatic heterocycles. The van der Waals surface area contributed by atoms with Crippen molar-refractivity contribution in [1.82, 2.24) is 4.98 Å². The molecule has 0 unspecified atom stereocenters. The number of ether oxygens (including phenoxy) is 2. The molecule has 1 N–H and O–H groups in total. The van der Waals surface area contributed by atoms with Gasteiger partial charge in [-0.25, -0.2) is 4.98 Å². The Labute approximate surface area is 109 Å². The fraction of sp³-hybridized carbons (Fsp3) is 0.167. The first-order valence-corrected chi connectivity index (χ1v) is 5.47. The maximum absolute atomic E-state index is 8.54. The smallest absolute Gasteiger partial charge is 0.162 e. The Balaban J connectivity index is 2.69. The van der Waals surface area contributed by atoms with E-state index >= 15 is 0 Å². The lowest BCUT2D eigenvalue weighted by atomic mass is 10.1. The van der Waals surface area contributed by atoms with Gasteiger partial charge in [-0.05, 0) is 12.1 Å². The zero-order valence-corrected chi connectivity index (χ0v) is 10.6. The second-order valence-corrected chi connectivity index (χ2v) is 3.87. The molecule has 0 amide bonds. The van der Waals surface area contributed by atoms with Crippen LogP contribution in [-0.2, 0) is 0 Å². The van der Waals surface area contributed by atoms with E-state index in [1.807, 2.05) is 0 Å². The molecule has 1 aromatic heterocycles. The van der Waals surface area contributed by atoms with Crippen LogP contribution in [0.25, 0.3) is 10.9 Å². The molecule has 0 fully saturated rings. The normalized spacial score (nSPS) is 11.1. The van der Waals surface area contributed by atoms with Crippen LogP contribution in [0.4, 0.5) is 0 Å². The molecule has 1 aromatic carbocycles. The van der Waals surface area contributed by atoms with Crippen molar-refractivity contribution < 1.29 is 14.7 Å². The number of benzene rings is 1. The van der Waals surface area contributed by atoms with E-state index in [1.54, 1.807) is 32.4 Å². The largest absolute Gasteiger partial charge is 0.493 e. The maximum Gasteiger partial charge on any atom is 0.162 e. The van der Waals surface area contributed by atoms with Gasteiger partial charge in [-0.1, -0.05) is 16.8 Å². The molecule has 18 heavy (non-hydrogen) atoms. The third kappa shape index (κ3) is 2.17. The van der Waals surface area contributed by atoms with Crippen LogP contribution in [-0.4, -0.2) is 30.6 Å². The highest BCUT2D eigenvalue weighted by molar-refractivity contribution is 6.32. The topological polar surface area (TPSA) is 63.9 Å². The fourth-order valence-corrected chi connectivity index (χ4v) is 1.84. The van der Waals surface area contributed by atoms with E-state index in [4.69, 9.17) is 26.3 Å². The number of oxime groups is 1. The van der Waals surface area contributed by atoms with Crippen molar-refractivity contribution in [2.45, 2.75) is 0 Å². The van der Waals surface area contributed by atoms with E-state index in [0.29, 0.717) is 22.6 Å². The lowest BCUT2D eigenvalue weighted by molar-refractivity contribution is 0.322. The number of halogens is 1. The predicted octanol–water partition coefficient (Wildman–Crippen LogP) is 2.71. The average molecular weight is 267 g/mol. The SMILES string of the molecule is COc1cc2cc(/C=N/O)c(Cl)nc2cc1OC. The average Bonchev–Trinajstić information content (AvgIpc) is 2.38. The van der Waals surface area contributed by atoms with E-state index in [0.717, 1.165) is 5.39 Å². The lowest BCUT2D eigenvalue weighted by Gasteiger charge is -2.09. The van der Waals surface area contributed by atoms with Gasteiger partial charge in [0, 0.05) is 17.0 Å². The van der Waals surface area contributed by atoms with Crippen molar-refractivity contribution >= 4 is 28.7 Å². The summed E-state index contributed by atoms with van der Waals surface area (Å²) in [4.78, 5) is 4.21. The zero-order chi connectivity index (χ0) is 13.1. The van der Waals surface area contributed by atoms with Crippen LogP contribution in [0.5, 0.6) is 11.5 Å². The van der Waals surface area contributed by atoms with Gasteiger partial charge in [0.25, 0.3) is 0 Å². The summed E-state index contributed by atoms with van der Waals surface area (Å²) >= 11 is 5.97. The van der Waals surface area contributed by atoms with E-state index in [1.165, 1.54) is 6.21 Å². The Hall–Kier alpha value is -2.01. The first kappa shape index (κ1) is 12.4. The van der Waals surface area contributed by atoms with Crippen molar-refractivity contribution in [3.63, 3.8) is 0 Å². The van der Waals surface area contributed by atoms with Crippen molar-refractivity contribution in [3.05, 3.63) is 28.9 Å². The van der Waals surface area contributed by atoms with Crippen LogP contribution in [0.2, 0.25) is 5.15 Å². The molecule has 0 spiro atoms. The Morgan fingerprint density at radius 2 is 1.89 bits per heavy atom. The molecule has 0 aliphatic rings. The Morgan fingerprint density at radius 3 is 2.50 bits per heavy atom. The van der Waals surface area contributed by atoms with Crippen molar-refractivity contribution in [2.75, 3.05) is 14.2 Å². The van der Waals surface area contributed by atoms with Crippen LogP contribution < -0.4 is 9.47 Å². The maximum atomic E-state index is 8.54. The predicted molar refractivity (Wildman–Crippen MR) is 69.2 cm³/mol. The van der Waals surface area contributed by atoms with Gasteiger partial charge in [-0.15, -0.1) is 0 Å². The Bertz CT molecular complexity index is 614. The third-order valence-corrected chi connectivity index (χ3v) is 2.80. The molecule has 0 atom stereocenters. The monoisotopic (exact) mass is 266 g/mol. The highest BCUT2D eigenvalue weighted by atomic mass is 35.5. The molecule has 0 radical (unpaired) electrons. The minimum atomic E-state index is 0.257. The van der Waals surface area contributed by atoms with Gasteiger partial charge in [0.1, 0.15) is 5.15 Å². The first-order chi connectivity index (χ1) is 8.69. The highest BCUT2D eigenvalue weighted by Crippen LogP contribution is 2.32. The molecule has 5 nitrogen and oxygen atoms in total. The zero-order valence-electron chi connectivity index (χ0n) is 9.85. The number of pyridine rings is 1. The van der Waals surface area contributed by atoms with E-state index in [-0.39, 0.29) is 5.15 Å². The number of nitrogens with zero attached hydrogens (tertiary/aromatic N) is 2. The van der Waals surface area contributed by atoms with Crippen LogP contribution in [0.3, 0.4) is 0 Å². The minimum absolute atomic E-state index is 0.257. The molecule has 6 heteroatoms. The van der Waals surface area contributed by atoms with Gasteiger partial charge < -0.3 is 14.7 Å². The van der Waals surface area contributed by atoms with Gasteiger partial charge in [-0.2, -0.15) is 0 Å². The summed E-state index contributed by atoms with van der Waals surface area (Å²) in [7, 11) is 3.11. The standard InChI is InChI=1S/C12H11ClN2O3/c1-17-10-4-7-3-8(6-14-16)12(13)15-9(7)5-11(10)18-2/h3-6,16H,1-2H3/b14-6+. The molecular weight excluding hydrogens is 256 g/mol. The van der Waals surface area contributed by atoms with Crippen LogP contribution >= 0.6 is 11.6 Å². The molecule has 0 bridgehead atoms. The van der Waals surface area contributed by atoms with Gasteiger partial charge in [0.15, 0.2) is 11.5 Å². The van der Waals surface area contributed by atoms with Gasteiger partial charge >= 0.3 is 0 Å². The van der Waals surface area contributed by atoms with Gasteiger partial charge in [-0.3, -0.25) is 0 Å². The van der Waals surface area contributed by atoms with E-state index in [2.05, 4.69) is 10.1 Å². The summed E-state index contributed by atoms with van der Waals surface area (Å²) in [6, 6.07) is 5.28. The quantitative estimate of drug-likeness (QED) is 0.401. The number of hydrogen-bond acceptors (Lipinski definition) is 5. The minimum Gasteiger partial charge on any atom is -0.493 e. The molecule has 1 heterocycles. The second-order valence-electron chi connectivity index (χ2n) is 3.51. The first-order valence-electron chi connectivity index (χ1n) is 5.09. The molecule has 0 saturated carbocycles. The van der Waals surface area contributed by atoms with E-state index < -0.39 is 0 Å². The summed E-state index contributed by atoms with van der Waals surface area (Å²) in [6.45, 7) is 0. The van der Waals surface area contributed by atoms with Crippen LogP contribution in [0.1, 0.15) is 5.56 Å². The molecule has 0 aliphatic carbocycles. The molecule has 2 aromatic rings. The highest BCUT2D eigenvalue weighted by Gasteiger charge is 2.09. The number of rotatable bonds is 3. The molecule has 2 rings (SSSR count). The third-order valence-electron chi connectivity index (χ3n) is 2.50. The Kier molecular flexibility index (Phi) is 3.53. The Morgan fingerprint density at radius 1 is 1.22 bits per heavy atom. The second kappa shape index (κ2) is 5.10. The fourth-order valence-electron chi connectivity index (χ4n) is 1.65. The van der Waals surface area contributed by atoms with Crippen LogP contribution in [0.15, 0.2) is 23.4 Å². The van der Waals surface area contributed by atoms with E-state index in [9.17, 15) is 0 Å². The molecular formula is C12H11ClN2O3. The summed E-state index contributed by atoms with van der Waals surface area (Å²) in [5, 5.41) is 12.6. The molecule has 0 saturated heterocycles. The number of aromatic nitrogens is 1. The summed E-state index contributed by atoms with van der Waals surface area (Å²) in [6.07, 6.45) is 1.23. The van der Waals surface area contributed by atoms with Gasteiger partial charge in [0.05, 0.1) is 26.0 Å². The van der Waals surface area contributed by atoms with Crippen molar-refractivity contribution in [1.29, 1.82) is 0 Å². The van der Waals surface area contributed by atoms with Gasteiger partial charge in [0.2, 0.25) is 0 Å². The number of hydrogen-bond donors (Lipinski definition) is 1. The number of fused-ring (bicyclic) bond motifs is 1.